The Kier molecular flexibility index (Phi) is 9.32. The summed E-state index contributed by atoms with van der Waals surface area (Å²) >= 11 is 0. The number of ether oxygens (including phenoxy) is 5. The number of fused-ring (bicyclic) bond motifs is 2. The molecule has 0 atom stereocenters. The highest BCUT2D eigenvalue weighted by atomic mass is 19.1. The van der Waals surface area contributed by atoms with Gasteiger partial charge in [-0.3, -0.25) is 15.1 Å². The molecule has 0 saturated carbocycles. The SMILES string of the molecule is O=C(Nc1ccc(Nc2ccnc3cc4c(cc23)OCCOCCOCCO4)c(F)c1)Oc1c[nH]cc(-c2ccc(F)cc2)c1=O. The van der Waals surface area contributed by atoms with Crippen molar-refractivity contribution in [2.24, 2.45) is 0 Å². The number of halogens is 2. The monoisotopic (exact) mass is 630 g/mol. The number of H-pyrrole nitrogens is 1. The van der Waals surface area contributed by atoms with E-state index in [9.17, 15) is 14.0 Å². The fourth-order valence-corrected chi connectivity index (χ4v) is 4.70. The summed E-state index contributed by atoms with van der Waals surface area (Å²) in [5, 5.41) is 6.15. The van der Waals surface area contributed by atoms with Gasteiger partial charge in [0.1, 0.15) is 24.8 Å². The topological polar surface area (TPSA) is 133 Å². The summed E-state index contributed by atoms with van der Waals surface area (Å²) in [6.07, 6.45) is 3.21. The van der Waals surface area contributed by atoms with E-state index in [0.29, 0.717) is 73.3 Å². The zero-order chi connectivity index (χ0) is 31.9. The van der Waals surface area contributed by atoms with Crippen molar-refractivity contribution in [1.82, 2.24) is 9.97 Å². The molecule has 3 heterocycles. The number of carbonyl (C=O) groups is 1. The van der Waals surface area contributed by atoms with E-state index in [-0.39, 0.29) is 22.7 Å². The molecule has 0 fully saturated rings. The number of nitrogens with one attached hydrogen (secondary N) is 3. The number of pyridine rings is 2. The van der Waals surface area contributed by atoms with Crippen LogP contribution in [0.15, 0.2) is 84.0 Å². The van der Waals surface area contributed by atoms with Crippen LogP contribution in [0.25, 0.3) is 22.0 Å². The lowest BCUT2D eigenvalue weighted by atomic mass is 10.1. The zero-order valence-electron chi connectivity index (χ0n) is 24.3. The third kappa shape index (κ3) is 7.22. The highest BCUT2D eigenvalue weighted by Gasteiger charge is 2.16. The molecular formula is C33H28F2N4O7. The number of hydrogen-bond donors (Lipinski definition) is 3. The molecule has 3 N–H and O–H groups in total. The van der Waals surface area contributed by atoms with E-state index in [0.717, 1.165) is 6.07 Å². The van der Waals surface area contributed by atoms with Gasteiger partial charge in [0.05, 0.1) is 37.6 Å². The maximum atomic E-state index is 15.3. The Morgan fingerprint density at radius 3 is 2.28 bits per heavy atom. The van der Waals surface area contributed by atoms with Crippen LogP contribution in [0, 0.1) is 11.6 Å². The third-order valence-corrected chi connectivity index (χ3v) is 6.90. The second-order valence-corrected chi connectivity index (χ2v) is 10.00. The van der Waals surface area contributed by atoms with Gasteiger partial charge in [0.25, 0.3) is 0 Å². The summed E-state index contributed by atoms with van der Waals surface area (Å²) in [7, 11) is 0. The molecule has 3 aromatic carbocycles. The Balaban J connectivity index is 1.16. The number of carbonyl (C=O) groups excluding carboxylic acids is 1. The number of amides is 1. The van der Waals surface area contributed by atoms with Crippen LogP contribution < -0.4 is 30.3 Å². The molecule has 0 spiro atoms. The van der Waals surface area contributed by atoms with E-state index in [2.05, 4.69) is 20.6 Å². The molecule has 0 saturated heterocycles. The van der Waals surface area contributed by atoms with Gasteiger partial charge >= 0.3 is 6.09 Å². The Labute approximate surface area is 261 Å². The lowest BCUT2D eigenvalue weighted by Crippen LogP contribution is -2.21. The first-order chi connectivity index (χ1) is 22.4. The number of nitrogens with zero attached hydrogens (tertiary/aromatic N) is 1. The number of benzene rings is 3. The minimum absolute atomic E-state index is 0.0931. The van der Waals surface area contributed by atoms with Crippen LogP contribution in [0.3, 0.4) is 0 Å². The Bertz CT molecular complexity index is 1920. The molecule has 2 aromatic heterocycles. The number of aromatic nitrogens is 2. The van der Waals surface area contributed by atoms with Gasteiger partial charge in [-0.2, -0.15) is 0 Å². The van der Waals surface area contributed by atoms with E-state index < -0.39 is 23.2 Å². The van der Waals surface area contributed by atoms with Crippen molar-refractivity contribution in [1.29, 1.82) is 0 Å². The summed E-state index contributed by atoms with van der Waals surface area (Å²) in [6, 6.07) is 14.5. The molecule has 0 unspecified atom stereocenters. The quantitative estimate of drug-likeness (QED) is 0.213. The predicted molar refractivity (Wildman–Crippen MR) is 166 cm³/mol. The fraction of sp³-hybridized carbons (Fsp3) is 0.182. The van der Waals surface area contributed by atoms with Crippen LogP contribution in [0.4, 0.5) is 30.6 Å². The van der Waals surface area contributed by atoms with Gasteiger partial charge in [-0.1, -0.05) is 12.1 Å². The average Bonchev–Trinajstić information content (AvgIpc) is 3.04. The van der Waals surface area contributed by atoms with Crippen molar-refractivity contribution >= 4 is 34.1 Å². The Morgan fingerprint density at radius 2 is 1.54 bits per heavy atom. The van der Waals surface area contributed by atoms with E-state index in [1.165, 1.54) is 48.8 Å². The van der Waals surface area contributed by atoms with Crippen molar-refractivity contribution in [3.8, 4) is 28.4 Å². The van der Waals surface area contributed by atoms with Crippen LogP contribution >= 0.6 is 0 Å². The summed E-state index contributed by atoms with van der Waals surface area (Å²) in [5.41, 5.74) is 1.41. The molecule has 0 aliphatic carbocycles. The van der Waals surface area contributed by atoms with Crippen LogP contribution in [-0.4, -0.2) is 55.7 Å². The maximum Gasteiger partial charge on any atom is 0.417 e. The van der Waals surface area contributed by atoms with Crippen molar-refractivity contribution in [2.75, 3.05) is 50.3 Å². The first-order valence-corrected chi connectivity index (χ1v) is 14.3. The smallest absolute Gasteiger partial charge is 0.417 e. The van der Waals surface area contributed by atoms with Crippen molar-refractivity contribution in [2.45, 2.75) is 0 Å². The molecule has 46 heavy (non-hydrogen) atoms. The van der Waals surface area contributed by atoms with E-state index >= 15 is 4.39 Å². The van der Waals surface area contributed by atoms with Crippen molar-refractivity contribution in [3.63, 3.8) is 0 Å². The van der Waals surface area contributed by atoms with Crippen molar-refractivity contribution in [3.05, 3.63) is 101 Å². The van der Waals surface area contributed by atoms with Crippen LogP contribution in [0.5, 0.6) is 17.2 Å². The lowest BCUT2D eigenvalue weighted by Gasteiger charge is -2.17. The first-order valence-electron chi connectivity index (χ1n) is 14.3. The van der Waals surface area contributed by atoms with Gasteiger partial charge in [0.2, 0.25) is 5.43 Å². The van der Waals surface area contributed by atoms with E-state index in [4.69, 9.17) is 23.7 Å². The second-order valence-electron chi connectivity index (χ2n) is 10.00. The molecule has 236 valence electrons. The summed E-state index contributed by atoms with van der Waals surface area (Å²) < 4.78 is 56.5. The van der Waals surface area contributed by atoms with Gasteiger partial charge in [-0.05, 0) is 48.0 Å². The summed E-state index contributed by atoms with van der Waals surface area (Å²) in [6.45, 7) is 2.30. The van der Waals surface area contributed by atoms with E-state index in [1.54, 1.807) is 24.4 Å². The molecule has 1 aliphatic heterocycles. The molecule has 0 bridgehead atoms. The Hall–Kier alpha value is -5.53. The van der Waals surface area contributed by atoms with Crippen molar-refractivity contribution < 1.29 is 37.3 Å². The van der Waals surface area contributed by atoms with Gasteiger partial charge < -0.3 is 34.0 Å². The number of aromatic amines is 1. The average molecular weight is 631 g/mol. The summed E-state index contributed by atoms with van der Waals surface area (Å²) in [5.74, 6) is -0.426. The second kappa shape index (κ2) is 14.1. The summed E-state index contributed by atoms with van der Waals surface area (Å²) in [4.78, 5) is 32.6. The number of anilines is 3. The minimum atomic E-state index is -1.00. The molecule has 6 rings (SSSR count). The van der Waals surface area contributed by atoms with E-state index in [1.807, 2.05) is 0 Å². The van der Waals surface area contributed by atoms with Crippen LogP contribution in [0.2, 0.25) is 0 Å². The molecule has 5 aromatic rings. The molecule has 0 radical (unpaired) electrons. The largest absolute Gasteiger partial charge is 0.487 e. The molecule has 1 aliphatic rings. The normalized spacial score (nSPS) is 13.7. The molecule has 1 amide bonds. The number of rotatable bonds is 5. The minimum Gasteiger partial charge on any atom is -0.487 e. The van der Waals surface area contributed by atoms with Crippen LogP contribution in [-0.2, 0) is 9.47 Å². The maximum absolute atomic E-state index is 15.3. The van der Waals surface area contributed by atoms with Gasteiger partial charge in [0, 0.05) is 47.0 Å². The highest BCUT2D eigenvalue weighted by Crippen LogP contribution is 2.36. The van der Waals surface area contributed by atoms with Crippen LogP contribution in [0.1, 0.15) is 0 Å². The standard InChI is InChI=1S/C33H28F2N4O7/c34-21-3-1-20(2-4-21)24-18-36-19-31(32(24)40)46-33(41)38-22-5-6-27(25(35)15-22)39-26-7-8-37-28-17-30-29(16-23(26)28)44-13-11-42-9-10-43-12-14-45-30/h1-8,15-19H,9-14H2,(H,36,40)(H,37,39)(H,38,41). The first kappa shape index (κ1) is 30.5. The third-order valence-electron chi connectivity index (χ3n) is 6.90. The molecule has 13 heteroatoms. The predicted octanol–water partition coefficient (Wildman–Crippen LogP) is 6.03. The van der Waals surface area contributed by atoms with Gasteiger partial charge in [-0.25, -0.2) is 13.6 Å². The lowest BCUT2D eigenvalue weighted by molar-refractivity contribution is 0.0224. The number of hydrogen-bond acceptors (Lipinski definition) is 9. The zero-order valence-corrected chi connectivity index (χ0v) is 24.3. The van der Waals surface area contributed by atoms with Gasteiger partial charge in [0.15, 0.2) is 17.2 Å². The van der Waals surface area contributed by atoms with Gasteiger partial charge in [-0.15, -0.1) is 0 Å². The molecular weight excluding hydrogens is 602 g/mol. The Morgan fingerprint density at radius 1 is 0.826 bits per heavy atom. The fourth-order valence-electron chi connectivity index (χ4n) is 4.70. The molecule has 11 nitrogen and oxygen atoms in total. The highest BCUT2D eigenvalue weighted by molar-refractivity contribution is 5.95.